The number of hydrogen-bond donors (Lipinski definition) is 2. The molecule has 0 aromatic heterocycles. The first kappa shape index (κ1) is 12.7. The Kier molecular flexibility index (Phi) is 5.01. The van der Waals surface area contributed by atoms with Gasteiger partial charge in [-0.15, -0.1) is 0 Å². The van der Waals surface area contributed by atoms with Gasteiger partial charge in [-0.2, -0.15) is 0 Å². The fourth-order valence-corrected chi connectivity index (χ4v) is 1.28. The SMILES string of the molecule is CN(C)CCOc1ccccc1NC(N)=S. The van der Waals surface area contributed by atoms with E-state index in [9.17, 15) is 0 Å². The summed E-state index contributed by atoms with van der Waals surface area (Å²) in [5.41, 5.74) is 6.23. The summed E-state index contributed by atoms with van der Waals surface area (Å²) in [5, 5.41) is 3.12. The molecule has 0 saturated heterocycles. The third-order valence-corrected chi connectivity index (χ3v) is 2.04. The Bertz CT molecular complexity index is 355. The molecule has 0 aliphatic carbocycles. The van der Waals surface area contributed by atoms with Crippen LogP contribution in [-0.2, 0) is 0 Å². The second kappa shape index (κ2) is 6.30. The van der Waals surface area contributed by atoms with Crippen molar-refractivity contribution in [3.63, 3.8) is 0 Å². The number of likely N-dealkylation sites (N-methyl/N-ethyl adjacent to an activating group) is 1. The van der Waals surface area contributed by atoms with Crippen molar-refractivity contribution in [2.24, 2.45) is 5.73 Å². The number of nitrogens with one attached hydrogen (secondary N) is 1. The lowest BCUT2D eigenvalue weighted by atomic mass is 10.3. The number of anilines is 1. The summed E-state index contributed by atoms with van der Waals surface area (Å²) in [7, 11) is 4.01. The Morgan fingerprint density at radius 1 is 1.44 bits per heavy atom. The highest BCUT2D eigenvalue weighted by Gasteiger charge is 2.02. The maximum absolute atomic E-state index is 5.63. The number of rotatable bonds is 5. The standard InChI is InChI=1S/C11H17N3OS/c1-14(2)7-8-15-10-6-4-3-5-9(10)13-11(12)16/h3-6H,7-8H2,1-2H3,(H3,12,13,16). The molecule has 0 bridgehead atoms. The zero-order valence-electron chi connectivity index (χ0n) is 9.56. The van der Waals surface area contributed by atoms with Crippen LogP contribution in [0.1, 0.15) is 0 Å². The van der Waals surface area contributed by atoms with Crippen LogP contribution in [-0.4, -0.2) is 37.3 Å². The number of hydrogen-bond acceptors (Lipinski definition) is 3. The van der Waals surface area contributed by atoms with Gasteiger partial charge in [0.2, 0.25) is 0 Å². The molecule has 0 aliphatic heterocycles. The summed E-state index contributed by atoms with van der Waals surface area (Å²) < 4.78 is 5.63. The van der Waals surface area contributed by atoms with Crippen LogP contribution >= 0.6 is 12.2 Å². The second-order valence-corrected chi connectivity index (χ2v) is 4.08. The summed E-state index contributed by atoms with van der Waals surface area (Å²) >= 11 is 4.79. The average molecular weight is 239 g/mol. The van der Waals surface area contributed by atoms with Crippen molar-refractivity contribution in [3.8, 4) is 5.75 Å². The van der Waals surface area contributed by atoms with E-state index in [2.05, 4.69) is 10.2 Å². The topological polar surface area (TPSA) is 50.5 Å². The normalized spacial score (nSPS) is 10.2. The Morgan fingerprint density at radius 2 is 2.12 bits per heavy atom. The van der Waals surface area contributed by atoms with Crippen molar-refractivity contribution in [1.82, 2.24) is 4.90 Å². The van der Waals surface area contributed by atoms with Crippen LogP contribution in [0.4, 0.5) is 5.69 Å². The maximum atomic E-state index is 5.63. The van der Waals surface area contributed by atoms with E-state index in [0.29, 0.717) is 6.61 Å². The van der Waals surface area contributed by atoms with E-state index in [1.807, 2.05) is 38.4 Å². The molecule has 1 aromatic rings. The lowest BCUT2D eigenvalue weighted by molar-refractivity contribution is 0.262. The van der Waals surface area contributed by atoms with E-state index in [-0.39, 0.29) is 5.11 Å². The number of nitrogens with zero attached hydrogens (tertiary/aromatic N) is 1. The molecule has 16 heavy (non-hydrogen) atoms. The summed E-state index contributed by atoms with van der Waals surface area (Å²) in [4.78, 5) is 2.06. The molecule has 0 atom stereocenters. The first-order valence-corrected chi connectivity index (χ1v) is 5.43. The van der Waals surface area contributed by atoms with Gasteiger partial charge in [0.25, 0.3) is 0 Å². The van der Waals surface area contributed by atoms with E-state index in [0.717, 1.165) is 18.0 Å². The van der Waals surface area contributed by atoms with Crippen LogP contribution < -0.4 is 15.8 Å². The molecular weight excluding hydrogens is 222 g/mol. The maximum Gasteiger partial charge on any atom is 0.168 e. The van der Waals surface area contributed by atoms with Crippen LogP contribution in [0.5, 0.6) is 5.75 Å². The van der Waals surface area contributed by atoms with Crippen LogP contribution in [0, 0.1) is 0 Å². The molecule has 0 heterocycles. The molecule has 0 saturated carbocycles. The smallest absolute Gasteiger partial charge is 0.168 e. The zero-order valence-corrected chi connectivity index (χ0v) is 10.4. The third-order valence-electron chi connectivity index (χ3n) is 1.94. The van der Waals surface area contributed by atoms with E-state index < -0.39 is 0 Å². The largest absolute Gasteiger partial charge is 0.490 e. The van der Waals surface area contributed by atoms with Crippen molar-refractivity contribution in [2.75, 3.05) is 32.6 Å². The van der Waals surface area contributed by atoms with Crippen LogP contribution in [0.25, 0.3) is 0 Å². The molecule has 5 heteroatoms. The number of ether oxygens (including phenoxy) is 1. The van der Waals surface area contributed by atoms with Gasteiger partial charge in [0.1, 0.15) is 12.4 Å². The second-order valence-electron chi connectivity index (χ2n) is 3.64. The molecule has 1 aromatic carbocycles. The van der Waals surface area contributed by atoms with Crippen LogP contribution in [0.3, 0.4) is 0 Å². The minimum atomic E-state index is 0.239. The fraction of sp³-hybridized carbons (Fsp3) is 0.364. The molecular formula is C11H17N3OS. The summed E-state index contributed by atoms with van der Waals surface area (Å²) in [6.07, 6.45) is 0. The Labute approximate surface area is 101 Å². The Morgan fingerprint density at radius 3 is 2.75 bits per heavy atom. The van der Waals surface area contributed by atoms with E-state index in [4.69, 9.17) is 22.7 Å². The molecule has 0 unspecified atom stereocenters. The molecule has 4 nitrogen and oxygen atoms in total. The highest BCUT2D eigenvalue weighted by Crippen LogP contribution is 2.23. The van der Waals surface area contributed by atoms with E-state index in [1.165, 1.54) is 0 Å². The first-order valence-electron chi connectivity index (χ1n) is 5.02. The minimum absolute atomic E-state index is 0.239. The Balaban J connectivity index is 2.60. The highest BCUT2D eigenvalue weighted by molar-refractivity contribution is 7.80. The third kappa shape index (κ3) is 4.46. The summed E-state index contributed by atoms with van der Waals surface area (Å²) in [6.45, 7) is 1.49. The molecule has 3 N–H and O–H groups in total. The van der Waals surface area contributed by atoms with E-state index >= 15 is 0 Å². The van der Waals surface area contributed by atoms with Crippen molar-refractivity contribution in [2.45, 2.75) is 0 Å². The Hall–Kier alpha value is -1.33. The van der Waals surface area contributed by atoms with Crippen LogP contribution in [0.15, 0.2) is 24.3 Å². The van der Waals surface area contributed by atoms with Gasteiger partial charge in [0.05, 0.1) is 5.69 Å². The van der Waals surface area contributed by atoms with Gasteiger partial charge in [-0.05, 0) is 38.4 Å². The van der Waals surface area contributed by atoms with Gasteiger partial charge in [-0.25, -0.2) is 0 Å². The average Bonchev–Trinajstić information content (AvgIpc) is 2.19. The van der Waals surface area contributed by atoms with Crippen molar-refractivity contribution < 1.29 is 4.74 Å². The number of nitrogens with two attached hydrogens (primary N) is 1. The lowest BCUT2D eigenvalue weighted by Gasteiger charge is -2.14. The van der Waals surface area contributed by atoms with Gasteiger partial charge < -0.3 is 20.7 Å². The molecule has 0 spiro atoms. The molecule has 0 aliphatic rings. The lowest BCUT2D eigenvalue weighted by Crippen LogP contribution is -2.21. The number of para-hydroxylation sites is 2. The van der Waals surface area contributed by atoms with Gasteiger partial charge >= 0.3 is 0 Å². The summed E-state index contributed by atoms with van der Waals surface area (Å²) in [6, 6.07) is 7.58. The minimum Gasteiger partial charge on any atom is -0.490 e. The van der Waals surface area contributed by atoms with Gasteiger partial charge in [-0.3, -0.25) is 0 Å². The highest BCUT2D eigenvalue weighted by atomic mass is 32.1. The van der Waals surface area contributed by atoms with Crippen molar-refractivity contribution in [1.29, 1.82) is 0 Å². The van der Waals surface area contributed by atoms with Crippen molar-refractivity contribution in [3.05, 3.63) is 24.3 Å². The molecule has 1 rings (SSSR count). The molecule has 88 valence electrons. The van der Waals surface area contributed by atoms with Gasteiger partial charge in [0, 0.05) is 6.54 Å². The molecule has 0 amide bonds. The predicted octanol–water partition coefficient (Wildman–Crippen LogP) is 1.28. The number of benzene rings is 1. The zero-order chi connectivity index (χ0) is 12.0. The van der Waals surface area contributed by atoms with Gasteiger partial charge in [0.15, 0.2) is 5.11 Å². The first-order chi connectivity index (χ1) is 7.59. The predicted molar refractivity (Wildman–Crippen MR) is 70.9 cm³/mol. The number of thiocarbonyl (C=S) groups is 1. The van der Waals surface area contributed by atoms with Crippen LogP contribution in [0.2, 0.25) is 0 Å². The quantitative estimate of drug-likeness (QED) is 0.758. The fourth-order valence-electron chi connectivity index (χ4n) is 1.17. The monoisotopic (exact) mass is 239 g/mol. The molecule has 0 fully saturated rings. The van der Waals surface area contributed by atoms with Gasteiger partial charge in [-0.1, -0.05) is 12.1 Å². The van der Waals surface area contributed by atoms with Crippen molar-refractivity contribution >= 4 is 23.0 Å². The molecule has 0 radical (unpaired) electrons. The van der Waals surface area contributed by atoms with E-state index in [1.54, 1.807) is 0 Å². The summed E-state index contributed by atoms with van der Waals surface area (Å²) in [5.74, 6) is 0.761.